The van der Waals surface area contributed by atoms with Gasteiger partial charge in [0, 0.05) is 12.6 Å². The van der Waals surface area contributed by atoms with E-state index in [9.17, 15) is 4.79 Å². The number of hydrogen-bond donors (Lipinski definition) is 0. The molecule has 26 heavy (non-hydrogen) atoms. The average Bonchev–Trinajstić information content (AvgIpc) is 3.16. The van der Waals surface area contributed by atoms with E-state index in [1.807, 2.05) is 49.4 Å². The molecule has 0 saturated carbocycles. The molecule has 0 aliphatic rings. The van der Waals surface area contributed by atoms with E-state index in [4.69, 9.17) is 0 Å². The number of benzene rings is 2. The Morgan fingerprint density at radius 3 is 2.46 bits per heavy atom. The molecule has 0 bridgehead atoms. The van der Waals surface area contributed by atoms with Crippen molar-refractivity contribution in [3.63, 3.8) is 0 Å². The van der Waals surface area contributed by atoms with E-state index in [0.29, 0.717) is 5.82 Å². The number of hydrogen-bond acceptors (Lipinski definition) is 4. The predicted octanol–water partition coefficient (Wildman–Crippen LogP) is 3.12. The summed E-state index contributed by atoms with van der Waals surface area (Å²) < 4.78 is 0. The van der Waals surface area contributed by atoms with Gasteiger partial charge in [-0.3, -0.25) is 4.79 Å². The molecule has 0 saturated heterocycles. The maximum Gasteiger partial charge on any atom is 0.246 e. The monoisotopic (exact) mass is 349 g/mol. The topological polar surface area (TPSA) is 63.9 Å². The second-order valence-corrected chi connectivity index (χ2v) is 6.29. The minimum absolute atomic E-state index is 0.0201. The molecule has 6 heteroatoms. The summed E-state index contributed by atoms with van der Waals surface area (Å²) in [5, 5.41) is 12.4. The fourth-order valence-corrected chi connectivity index (χ4v) is 2.72. The molecule has 3 rings (SSSR count). The zero-order valence-electron chi connectivity index (χ0n) is 15.3. The smallest absolute Gasteiger partial charge is 0.246 e. The summed E-state index contributed by atoms with van der Waals surface area (Å²) >= 11 is 0. The largest absolute Gasteiger partial charge is 0.337 e. The van der Waals surface area contributed by atoms with Crippen molar-refractivity contribution in [2.24, 2.45) is 0 Å². The number of carbonyl (C=O) groups is 1. The van der Waals surface area contributed by atoms with Gasteiger partial charge in [0.05, 0.1) is 6.04 Å². The Morgan fingerprint density at radius 2 is 1.81 bits per heavy atom. The summed E-state index contributed by atoms with van der Waals surface area (Å²) in [6.45, 7) is 4.18. The quantitative estimate of drug-likeness (QED) is 0.686. The van der Waals surface area contributed by atoms with Gasteiger partial charge in [0.15, 0.2) is 0 Å². The van der Waals surface area contributed by atoms with E-state index in [-0.39, 0.29) is 18.5 Å². The summed E-state index contributed by atoms with van der Waals surface area (Å²) in [6, 6.07) is 18.0. The van der Waals surface area contributed by atoms with Gasteiger partial charge in [0.25, 0.3) is 0 Å². The van der Waals surface area contributed by atoms with Crippen LogP contribution in [0.4, 0.5) is 0 Å². The Balaban J connectivity index is 1.67. The van der Waals surface area contributed by atoms with Crippen LogP contribution in [0.25, 0.3) is 11.4 Å². The van der Waals surface area contributed by atoms with E-state index in [2.05, 4.69) is 34.5 Å². The van der Waals surface area contributed by atoms with Crippen LogP contribution in [0.2, 0.25) is 0 Å². The third kappa shape index (κ3) is 3.96. The highest BCUT2D eigenvalue weighted by Gasteiger charge is 2.19. The molecule has 1 amide bonds. The molecule has 0 N–H and O–H groups in total. The van der Waals surface area contributed by atoms with Crippen molar-refractivity contribution in [3.05, 3.63) is 65.7 Å². The molecule has 1 atom stereocenters. The summed E-state index contributed by atoms with van der Waals surface area (Å²) in [4.78, 5) is 15.6. The lowest BCUT2D eigenvalue weighted by molar-refractivity contribution is -0.132. The number of amides is 1. The second kappa shape index (κ2) is 7.91. The van der Waals surface area contributed by atoms with Crippen LogP contribution in [0.1, 0.15) is 31.0 Å². The Hall–Kier alpha value is -3.02. The van der Waals surface area contributed by atoms with Crippen molar-refractivity contribution in [2.75, 3.05) is 7.05 Å². The Kier molecular flexibility index (Phi) is 5.41. The van der Waals surface area contributed by atoms with E-state index in [1.54, 1.807) is 11.9 Å². The number of carbonyl (C=O) groups excluding carboxylic acids is 1. The van der Waals surface area contributed by atoms with E-state index in [0.717, 1.165) is 17.5 Å². The first-order valence-corrected chi connectivity index (χ1v) is 8.76. The van der Waals surface area contributed by atoms with Crippen LogP contribution in [0, 0.1) is 0 Å². The highest BCUT2D eigenvalue weighted by molar-refractivity contribution is 5.76. The molecule has 1 heterocycles. The van der Waals surface area contributed by atoms with E-state index in [1.165, 1.54) is 10.4 Å². The highest BCUT2D eigenvalue weighted by atomic mass is 16.2. The van der Waals surface area contributed by atoms with Gasteiger partial charge >= 0.3 is 0 Å². The molecule has 0 unspecified atom stereocenters. The molecule has 0 radical (unpaired) electrons. The number of aromatic nitrogens is 4. The Morgan fingerprint density at radius 1 is 1.12 bits per heavy atom. The lowest BCUT2D eigenvalue weighted by Crippen LogP contribution is -2.33. The van der Waals surface area contributed by atoms with E-state index < -0.39 is 0 Å². The van der Waals surface area contributed by atoms with Crippen LogP contribution in [0.5, 0.6) is 0 Å². The molecule has 134 valence electrons. The second-order valence-electron chi connectivity index (χ2n) is 6.29. The first-order chi connectivity index (χ1) is 12.6. The van der Waals surface area contributed by atoms with Gasteiger partial charge in [-0.1, -0.05) is 61.5 Å². The van der Waals surface area contributed by atoms with Gasteiger partial charge in [-0.15, -0.1) is 10.2 Å². The van der Waals surface area contributed by atoms with Crippen LogP contribution in [0.3, 0.4) is 0 Å². The molecule has 3 aromatic rings. The molecule has 0 aliphatic heterocycles. The molecule has 0 aliphatic carbocycles. The molecule has 1 aromatic heterocycles. The molecular formula is C20H23N5O. The minimum atomic E-state index is -0.0633. The first-order valence-electron chi connectivity index (χ1n) is 8.76. The average molecular weight is 349 g/mol. The SMILES string of the molecule is CCc1ccc(-c2nnn(CC(=O)N(C)[C@@H](C)c3ccccc3)n2)cc1. The van der Waals surface area contributed by atoms with E-state index >= 15 is 0 Å². The van der Waals surface area contributed by atoms with Crippen molar-refractivity contribution >= 4 is 5.91 Å². The standard InChI is InChI=1S/C20H23N5O/c1-4-16-10-12-18(13-11-16)20-21-23-25(22-20)14-19(26)24(3)15(2)17-8-6-5-7-9-17/h5-13,15H,4,14H2,1-3H3/t15-/m0/s1. The van der Waals surface area contributed by atoms with Crippen molar-refractivity contribution < 1.29 is 4.79 Å². The minimum Gasteiger partial charge on any atom is -0.337 e. The Labute approximate surface area is 153 Å². The fraction of sp³-hybridized carbons (Fsp3) is 0.300. The summed E-state index contributed by atoms with van der Waals surface area (Å²) in [7, 11) is 1.79. The summed E-state index contributed by atoms with van der Waals surface area (Å²) in [6.07, 6.45) is 0.987. The van der Waals surface area contributed by atoms with Crippen LogP contribution in [-0.4, -0.2) is 38.1 Å². The molecular weight excluding hydrogens is 326 g/mol. The van der Waals surface area contributed by atoms with Crippen molar-refractivity contribution in [1.82, 2.24) is 25.1 Å². The van der Waals surface area contributed by atoms with Crippen molar-refractivity contribution in [1.29, 1.82) is 0 Å². The number of rotatable bonds is 6. The first kappa shape index (κ1) is 17.8. The summed E-state index contributed by atoms with van der Waals surface area (Å²) in [5.74, 6) is 0.464. The summed E-state index contributed by atoms with van der Waals surface area (Å²) in [5.41, 5.74) is 3.24. The zero-order valence-corrected chi connectivity index (χ0v) is 15.3. The van der Waals surface area contributed by atoms with Gasteiger partial charge in [-0.25, -0.2) is 0 Å². The third-order valence-corrected chi connectivity index (χ3v) is 4.61. The van der Waals surface area contributed by atoms with Crippen LogP contribution in [-0.2, 0) is 17.8 Å². The lowest BCUT2D eigenvalue weighted by Gasteiger charge is -2.25. The van der Waals surface area contributed by atoms with Crippen molar-refractivity contribution in [3.8, 4) is 11.4 Å². The number of aryl methyl sites for hydroxylation is 1. The normalized spacial score (nSPS) is 12.0. The predicted molar refractivity (Wildman–Crippen MR) is 100 cm³/mol. The van der Waals surface area contributed by atoms with Gasteiger partial charge in [-0.2, -0.15) is 4.80 Å². The van der Waals surface area contributed by atoms with Gasteiger partial charge in [-0.05, 0) is 29.7 Å². The van der Waals surface area contributed by atoms with Crippen LogP contribution >= 0.6 is 0 Å². The fourth-order valence-electron chi connectivity index (χ4n) is 2.72. The molecule has 0 spiro atoms. The van der Waals surface area contributed by atoms with Gasteiger partial charge in [0.1, 0.15) is 6.54 Å². The number of likely N-dealkylation sites (N-methyl/N-ethyl adjacent to an activating group) is 1. The molecule has 0 fully saturated rings. The highest BCUT2D eigenvalue weighted by Crippen LogP contribution is 2.19. The molecule has 2 aromatic carbocycles. The number of nitrogens with zero attached hydrogens (tertiary/aromatic N) is 5. The van der Waals surface area contributed by atoms with Crippen molar-refractivity contribution in [2.45, 2.75) is 32.9 Å². The van der Waals surface area contributed by atoms with Gasteiger partial charge in [0.2, 0.25) is 11.7 Å². The lowest BCUT2D eigenvalue weighted by atomic mass is 10.1. The van der Waals surface area contributed by atoms with Crippen LogP contribution in [0.15, 0.2) is 54.6 Å². The number of tetrazole rings is 1. The zero-order chi connectivity index (χ0) is 18.5. The maximum atomic E-state index is 12.6. The van der Waals surface area contributed by atoms with Crippen LogP contribution < -0.4 is 0 Å². The Bertz CT molecular complexity index is 857. The maximum absolute atomic E-state index is 12.6. The third-order valence-electron chi connectivity index (χ3n) is 4.61. The van der Waals surface area contributed by atoms with Gasteiger partial charge < -0.3 is 4.90 Å². The molecule has 6 nitrogen and oxygen atoms in total.